The predicted molar refractivity (Wildman–Crippen MR) is 124 cm³/mol. The third-order valence-corrected chi connectivity index (χ3v) is 5.66. The fraction of sp³-hybridized carbons (Fsp3) is 0.217. The van der Waals surface area contributed by atoms with E-state index in [1.54, 1.807) is 0 Å². The van der Waals surface area contributed by atoms with Crippen molar-refractivity contribution in [1.29, 1.82) is 0 Å². The number of para-hydroxylation sites is 2. The zero-order valence-corrected chi connectivity index (χ0v) is 18.0. The molecule has 0 spiro atoms. The van der Waals surface area contributed by atoms with E-state index in [0.717, 1.165) is 35.4 Å². The second kappa shape index (κ2) is 8.40. The van der Waals surface area contributed by atoms with Gasteiger partial charge in [0.05, 0.1) is 24.2 Å². The van der Waals surface area contributed by atoms with Gasteiger partial charge in [0.25, 0.3) is 11.8 Å². The first-order chi connectivity index (χ1) is 16.0. The molecule has 33 heavy (non-hydrogen) atoms. The summed E-state index contributed by atoms with van der Waals surface area (Å²) in [6.07, 6.45) is 1.36. The largest absolute Gasteiger partial charge is 0.378 e. The summed E-state index contributed by atoms with van der Waals surface area (Å²) in [5.41, 5.74) is 9.61. The number of aromatic nitrogens is 4. The third-order valence-electron chi connectivity index (χ3n) is 5.66. The Kier molecular flexibility index (Phi) is 5.27. The topological polar surface area (TPSA) is 131 Å². The van der Waals surface area contributed by atoms with E-state index in [2.05, 4.69) is 25.2 Å². The fourth-order valence-corrected chi connectivity index (χ4v) is 3.95. The zero-order valence-electron chi connectivity index (χ0n) is 18.0. The Balaban J connectivity index is 1.42. The first-order valence-electron chi connectivity index (χ1n) is 10.6. The lowest BCUT2D eigenvalue weighted by Crippen LogP contribution is -2.36. The maximum Gasteiger partial charge on any atom is 0.276 e. The number of nitrogens with one attached hydrogen (secondary N) is 2. The second-order valence-corrected chi connectivity index (χ2v) is 7.81. The molecule has 0 unspecified atom stereocenters. The van der Waals surface area contributed by atoms with Gasteiger partial charge in [-0.1, -0.05) is 12.1 Å². The van der Waals surface area contributed by atoms with Crippen LogP contribution in [0.2, 0.25) is 0 Å². The molecule has 0 atom stereocenters. The molecule has 0 bridgehead atoms. The Bertz CT molecular complexity index is 1320. The molecule has 10 nitrogen and oxygen atoms in total. The number of carbonyl (C=O) groups is 2. The van der Waals surface area contributed by atoms with E-state index in [0.29, 0.717) is 24.8 Å². The summed E-state index contributed by atoms with van der Waals surface area (Å²) >= 11 is 0. The molecule has 10 heteroatoms. The Hall–Kier alpha value is -4.18. The summed E-state index contributed by atoms with van der Waals surface area (Å²) in [6.45, 7) is 4.96. The van der Waals surface area contributed by atoms with Crippen LogP contribution in [0.5, 0.6) is 0 Å². The van der Waals surface area contributed by atoms with E-state index in [-0.39, 0.29) is 11.4 Å². The number of nitrogens with two attached hydrogens (primary N) is 1. The van der Waals surface area contributed by atoms with Crippen LogP contribution < -0.4 is 16.0 Å². The summed E-state index contributed by atoms with van der Waals surface area (Å²) in [4.78, 5) is 39.3. The van der Waals surface area contributed by atoms with Crippen molar-refractivity contribution in [3.8, 4) is 5.95 Å². The van der Waals surface area contributed by atoms with Crippen molar-refractivity contribution in [2.75, 3.05) is 36.5 Å². The van der Waals surface area contributed by atoms with Crippen LogP contribution in [0, 0.1) is 6.92 Å². The quantitative estimate of drug-likeness (QED) is 0.432. The Morgan fingerprint density at radius 2 is 1.94 bits per heavy atom. The van der Waals surface area contributed by atoms with Crippen LogP contribution in [-0.2, 0) is 4.74 Å². The van der Waals surface area contributed by atoms with Crippen molar-refractivity contribution in [2.24, 2.45) is 5.73 Å². The number of H-pyrrole nitrogens is 1. The van der Waals surface area contributed by atoms with E-state index >= 15 is 0 Å². The molecule has 1 aliphatic heterocycles. The summed E-state index contributed by atoms with van der Waals surface area (Å²) in [5.74, 6) is -0.957. The molecule has 4 aromatic rings. The number of aromatic amines is 1. The molecule has 3 heterocycles. The van der Waals surface area contributed by atoms with Gasteiger partial charge in [-0.05, 0) is 42.8 Å². The number of benzene rings is 2. The van der Waals surface area contributed by atoms with E-state index in [9.17, 15) is 9.59 Å². The van der Waals surface area contributed by atoms with Crippen LogP contribution in [-0.4, -0.2) is 57.6 Å². The first kappa shape index (κ1) is 20.7. The molecule has 1 saturated heterocycles. The standard InChI is InChI=1S/C23H23N7O3/c1-14-12-15(29-8-10-33-11-9-29)6-7-16(14)26-22(32)19-20(21(24)31)30(13-25-19)23-27-17-4-2-3-5-18(17)28-23/h2-7,12-13H,8-11H2,1H3,(H2,24,31)(H,26,32)(H,27,28). The van der Waals surface area contributed by atoms with Crippen molar-refractivity contribution in [1.82, 2.24) is 19.5 Å². The Morgan fingerprint density at radius 3 is 2.67 bits per heavy atom. The third kappa shape index (κ3) is 3.92. The molecule has 1 aliphatic rings. The minimum atomic E-state index is -0.780. The van der Waals surface area contributed by atoms with Gasteiger partial charge in [0.1, 0.15) is 12.0 Å². The van der Waals surface area contributed by atoms with Crippen molar-refractivity contribution in [3.05, 3.63) is 65.7 Å². The number of primary amides is 1. The highest BCUT2D eigenvalue weighted by Gasteiger charge is 2.25. The second-order valence-electron chi connectivity index (χ2n) is 7.81. The van der Waals surface area contributed by atoms with Crippen molar-refractivity contribution >= 4 is 34.2 Å². The lowest BCUT2D eigenvalue weighted by atomic mass is 10.1. The van der Waals surface area contributed by atoms with Gasteiger partial charge in [0.15, 0.2) is 5.69 Å². The summed E-state index contributed by atoms with van der Waals surface area (Å²) in [7, 11) is 0. The zero-order chi connectivity index (χ0) is 22.9. The lowest BCUT2D eigenvalue weighted by molar-refractivity contribution is 0.0970. The summed E-state index contributed by atoms with van der Waals surface area (Å²) < 4.78 is 6.80. The molecule has 5 rings (SSSR count). The van der Waals surface area contributed by atoms with Gasteiger partial charge in [-0.25, -0.2) is 9.97 Å². The average Bonchev–Trinajstić information content (AvgIpc) is 3.45. The maximum absolute atomic E-state index is 13.0. The number of nitrogens with zero attached hydrogens (tertiary/aromatic N) is 4. The summed E-state index contributed by atoms with van der Waals surface area (Å²) in [6, 6.07) is 13.3. The molecule has 0 aliphatic carbocycles. The van der Waals surface area contributed by atoms with Crippen LogP contribution >= 0.6 is 0 Å². The molecule has 2 amide bonds. The maximum atomic E-state index is 13.0. The highest BCUT2D eigenvalue weighted by atomic mass is 16.5. The summed E-state index contributed by atoms with van der Waals surface area (Å²) in [5, 5.41) is 2.85. The van der Waals surface area contributed by atoms with Crippen LogP contribution in [0.3, 0.4) is 0 Å². The predicted octanol–water partition coefficient (Wildman–Crippen LogP) is 2.24. The van der Waals surface area contributed by atoms with Crippen LogP contribution in [0.15, 0.2) is 48.8 Å². The number of anilines is 2. The molecule has 0 radical (unpaired) electrons. The Morgan fingerprint density at radius 1 is 1.15 bits per heavy atom. The minimum Gasteiger partial charge on any atom is -0.378 e. The molecule has 168 valence electrons. The number of amides is 2. The lowest BCUT2D eigenvalue weighted by Gasteiger charge is -2.29. The molecule has 2 aromatic heterocycles. The number of aryl methyl sites for hydroxylation is 1. The van der Waals surface area contributed by atoms with Gasteiger partial charge >= 0.3 is 0 Å². The van der Waals surface area contributed by atoms with Gasteiger partial charge in [0, 0.05) is 24.5 Å². The number of ether oxygens (including phenoxy) is 1. The number of hydrogen-bond donors (Lipinski definition) is 3. The van der Waals surface area contributed by atoms with Crippen molar-refractivity contribution in [3.63, 3.8) is 0 Å². The fourth-order valence-electron chi connectivity index (χ4n) is 3.95. The minimum absolute atomic E-state index is 0.0471. The van der Waals surface area contributed by atoms with Crippen molar-refractivity contribution < 1.29 is 14.3 Å². The van der Waals surface area contributed by atoms with Gasteiger partial charge in [-0.15, -0.1) is 0 Å². The van der Waals surface area contributed by atoms with E-state index < -0.39 is 11.8 Å². The van der Waals surface area contributed by atoms with Crippen molar-refractivity contribution in [2.45, 2.75) is 6.92 Å². The van der Waals surface area contributed by atoms with E-state index in [4.69, 9.17) is 10.5 Å². The van der Waals surface area contributed by atoms with Crippen LogP contribution in [0.4, 0.5) is 11.4 Å². The van der Waals surface area contributed by atoms with E-state index in [1.807, 2.05) is 49.4 Å². The van der Waals surface area contributed by atoms with Crippen LogP contribution in [0.1, 0.15) is 26.5 Å². The SMILES string of the molecule is Cc1cc(N2CCOCC2)ccc1NC(=O)c1ncn(-c2nc3ccccc3[nH]2)c1C(N)=O. The smallest absolute Gasteiger partial charge is 0.276 e. The van der Waals surface area contributed by atoms with E-state index in [1.165, 1.54) is 10.9 Å². The van der Waals surface area contributed by atoms with Crippen LogP contribution in [0.25, 0.3) is 17.0 Å². The highest BCUT2D eigenvalue weighted by Crippen LogP contribution is 2.25. The normalized spacial score (nSPS) is 13.9. The number of rotatable bonds is 5. The first-order valence-corrected chi connectivity index (χ1v) is 10.6. The molecule has 1 fully saturated rings. The number of imidazole rings is 2. The number of morpholine rings is 1. The molecule has 2 aromatic carbocycles. The molecule has 0 saturated carbocycles. The molecular weight excluding hydrogens is 422 g/mol. The van der Waals surface area contributed by atoms with Gasteiger partial charge < -0.3 is 25.7 Å². The monoisotopic (exact) mass is 445 g/mol. The molecular formula is C23H23N7O3. The number of hydrogen-bond acceptors (Lipinski definition) is 6. The van der Waals surface area contributed by atoms with Gasteiger partial charge in [-0.2, -0.15) is 0 Å². The number of carbonyl (C=O) groups excluding carboxylic acids is 2. The number of fused-ring (bicyclic) bond motifs is 1. The highest BCUT2D eigenvalue weighted by molar-refractivity contribution is 6.10. The van der Waals surface area contributed by atoms with Gasteiger partial charge in [0.2, 0.25) is 5.95 Å². The average molecular weight is 445 g/mol. The Labute approximate surface area is 189 Å². The van der Waals surface area contributed by atoms with Gasteiger partial charge in [-0.3, -0.25) is 14.2 Å². The molecule has 4 N–H and O–H groups in total.